The summed E-state index contributed by atoms with van der Waals surface area (Å²) in [7, 11) is 0. The van der Waals surface area contributed by atoms with E-state index in [-0.39, 0.29) is 11.7 Å². The molecule has 1 fully saturated rings. The highest BCUT2D eigenvalue weighted by atomic mass is 79.9. The minimum Gasteiger partial charge on any atom is -0.507 e. The summed E-state index contributed by atoms with van der Waals surface area (Å²) < 4.78 is 0.757. The second-order valence-electron chi connectivity index (χ2n) is 5.96. The molecule has 1 aliphatic rings. The van der Waals surface area contributed by atoms with Crippen LogP contribution in [0.5, 0.6) is 5.75 Å². The molecule has 2 rings (SSSR count). The van der Waals surface area contributed by atoms with Crippen molar-refractivity contribution in [3.05, 3.63) is 28.2 Å². The van der Waals surface area contributed by atoms with E-state index in [4.69, 9.17) is 0 Å². The normalized spacial score (nSPS) is 21.0. The highest BCUT2D eigenvalue weighted by Gasteiger charge is 2.21. The number of nitrogens with zero attached hydrogens (tertiary/aromatic N) is 1. The molecule has 116 valence electrons. The number of phenolic OH excluding ortho intramolecular Hbond substituents is 1. The molecule has 2 unspecified atom stereocenters. The van der Waals surface area contributed by atoms with Gasteiger partial charge in [0.1, 0.15) is 5.75 Å². The van der Waals surface area contributed by atoms with E-state index in [1.807, 2.05) is 0 Å². The summed E-state index contributed by atoms with van der Waals surface area (Å²) in [5, 5.41) is 12.7. The first-order valence-electron chi connectivity index (χ1n) is 7.48. The van der Waals surface area contributed by atoms with Gasteiger partial charge in [0.2, 0.25) is 0 Å². The first kappa shape index (κ1) is 16.3. The van der Waals surface area contributed by atoms with Crippen molar-refractivity contribution < 1.29 is 9.90 Å². The predicted octanol–water partition coefficient (Wildman–Crippen LogP) is 3.00. The summed E-state index contributed by atoms with van der Waals surface area (Å²) in [5.74, 6) is 0.505. The van der Waals surface area contributed by atoms with Crippen LogP contribution in [0.25, 0.3) is 0 Å². The third-order valence-electron chi connectivity index (χ3n) is 4.07. The highest BCUT2D eigenvalue weighted by molar-refractivity contribution is 9.10. The van der Waals surface area contributed by atoms with Gasteiger partial charge in [-0.15, -0.1) is 0 Å². The maximum Gasteiger partial charge on any atom is 0.255 e. The van der Waals surface area contributed by atoms with Gasteiger partial charge in [-0.05, 0) is 50.4 Å². The SMILES string of the molecule is CC1CCCN(C(C)CNC(=O)c2ccc(Br)cc2O)C1. The van der Waals surface area contributed by atoms with Crippen molar-refractivity contribution >= 4 is 21.8 Å². The number of aromatic hydroxyl groups is 1. The van der Waals surface area contributed by atoms with Crippen molar-refractivity contribution in [2.24, 2.45) is 5.92 Å². The fourth-order valence-electron chi connectivity index (χ4n) is 2.79. The van der Waals surface area contributed by atoms with Gasteiger partial charge in [0.05, 0.1) is 5.56 Å². The van der Waals surface area contributed by atoms with Crippen molar-refractivity contribution in [1.82, 2.24) is 10.2 Å². The highest BCUT2D eigenvalue weighted by Crippen LogP contribution is 2.22. The van der Waals surface area contributed by atoms with Crippen LogP contribution < -0.4 is 5.32 Å². The molecule has 2 atom stereocenters. The standard InChI is InChI=1S/C16H23BrN2O2/c1-11-4-3-7-19(10-11)12(2)9-18-16(21)14-6-5-13(17)8-15(14)20/h5-6,8,11-12,20H,3-4,7,9-10H2,1-2H3,(H,18,21). The predicted molar refractivity (Wildman–Crippen MR) is 87.6 cm³/mol. The Labute approximate surface area is 134 Å². The van der Waals surface area contributed by atoms with Crippen molar-refractivity contribution in [2.45, 2.75) is 32.7 Å². The third-order valence-corrected chi connectivity index (χ3v) is 4.57. The number of halogens is 1. The number of carbonyl (C=O) groups is 1. The summed E-state index contributed by atoms with van der Waals surface area (Å²) in [6.07, 6.45) is 2.52. The number of nitrogens with one attached hydrogen (secondary N) is 1. The molecule has 1 amide bonds. The van der Waals surface area contributed by atoms with Crippen molar-refractivity contribution in [2.75, 3.05) is 19.6 Å². The van der Waals surface area contributed by atoms with Crippen molar-refractivity contribution in [3.63, 3.8) is 0 Å². The number of hydrogen-bond donors (Lipinski definition) is 2. The summed E-state index contributed by atoms with van der Waals surface area (Å²) in [5.41, 5.74) is 0.317. The molecule has 0 bridgehead atoms. The van der Waals surface area contributed by atoms with E-state index in [2.05, 4.69) is 40.0 Å². The van der Waals surface area contributed by atoms with Gasteiger partial charge in [0.25, 0.3) is 5.91 Å². The molecule has 0 saturated carbocycles. The fraction of sp³-hybridized carbons (Fsp3) is 0.562. The minimum absolute atomic E-state index is 0.00104. The Morgan fingerprint density at radius 1 is 1.57 bits per heavy atom. The minimum atomic E-state index is -0.225. The van der Waals surface area contributed by atoms with Crippen LogP contribution in [-0.4, -0.2) is 41.6 Å². The zero-order valence-electron chi connectivity index (χ0n) is 12.6. The molecule has 0 aliphatic carbocycles. The van der Waals surface area contributed by atoms with E-state index in [9.17, 15) is 9.90 Å². The Morgan fingerprint density at radius 3 is 3.00 bits per heavy atom. The number of phenols is 1. The van der Waals surface area contributed by atoms with Gasteiger partial charge < -0.3 is 10.4 Å². The first-order chi connectivity index (χ1) is 9.97. The molecule has 1 aromatic carbocycles. The van der Waals surface area contributed by atoms with Crippen molar-refractivity contribution in [3.8, 4) is 5.75 Å². The quantitative estimate of drug-likeness (QED) is 0.873. The Kier molecular flexibility index (Phi) is 5.65. The average Bonchev–Trinajstić information content (AvgIpc) is 2.44. The van der Waals surface area contributed by atoms with Crippen LogP contribution in [0.1, 0.15) is 37.0 Å². The lowest BCUT2D eigenvalue weighted by Crippen LogP contribution is -2.46. The van der Waals surface area contributed by atoms with Crippen LogP contribution in [0.3, 0.4) is 0 Å². The lowest BCUT2D eigenvalue weighted by molar-refractivity contribution is 0.0915. The molecule has 21 heavy (non-hydrogen) atoms. The number of likely N-dealkylation sites (tertiary alicyclic amines) is 1. The summed E-state index contributed by atoms with van der Waals surface area (Å²) in [6.45, 7) is 7.21. The number of carbonyl (C=O) groups excluding carboxylic acids is 1. The number of amides is 1. The van der Waals surface area contributed by atoms with Gasteiger partial charge >= 0.3 is 0 Å². The van der Waals surface area contributed by atoms with E-state index in [0.717, 1.165) is 23.5 Å². The lowest BCUT2D eigenvalue weighted by atomic mass is 9.99. The maximum absolute atomic E-state index is 12.1. The molecule has 0 radical (unpaired) electrons. The van der Waals surface area contributed by atoms with E-state index in [1.54, 1.807) is 12.1 Å². The van der Waals surface area contributed by atoms with Crippen LogP contribution in [-0.2, 0) is 0 Å². The first-order valence-corrected chi connectivity index (χ1v) is 8.27. The van der Waals surface area contributed by atoms with Crippen LogP contribution in [0, 0.1) is 5.92 Å². The molecular formula is C16H23BrN2O2. The number of hydrogen-bond acceptors (Lipinski definition) is 3. The number of rotatable bonds is 4. The maximum atomic E-state index is 12.1. The smallest absolute Gasteiger partial charge is 0.255 e. The van der Waals surface area contributed by atoms with Gasteiger partial charge in [0, 0.05) is 23.6 Å². The van der Waals surface area contributed by atoms with Gasteiger partial charge in [-0.3, -0.25) is 9.69 Å². The zero-order chi connectivity index (χ0) is 15.4. The lowest BCUT2D eigenvalue weighted by Gasteiger charge is -2.35. The Bertz CT molecular complexity index is 507. The Morgan fingerprint density at radius 2 is 2.33 bits per heavy atom. The summed E-state index contributed by atoms with van der Waals surface area (Å²) in [6, 6.07) is 5.23. The molecule has 2 N–H and O–H groups in total. The van der Waals surface area contributed by atoms with Crippen LogP contribution in [0.2, 0.25) is 0 Å². The molecule has 4 nitrogen and oxygen atoms in total. The van der Waals surface area contributed by atoms with Crippen LogP contribution in [0.15, 0.2) is 22.7 Å². The van der Waals surface area contributed by atoms with Gasteiger partial charge in [-0.25, -0.2) is 0 Å². The Hall–Kier alpha value is -1.07. The molecule has 1 aliphatic heterocycles. The van der Waals surface area contributed by atoms with E-state index < -0.39 is 0 Å². The van der Waals surface area contributed by atoms with Crippen LogP contribution in [0.4, 0.5) is 0 Å². The average molecular weight is 355 g/mol. The molecule has 5 heteroatoms. The number of benzene rings is 1. The molecule has 1 heterocycles. The van der Waals surface area contributed by atoms with Gasteiger partial charge in [-0.1, -0.05) is 22.9 Å². The molecule has 1 saturated heterocycles. The molecule has 0 spiro atoms. The van der Waals surface area contributed by atoms with E-state index in [0.29, 0.717) is 18.2 Å². The van der Waals surface area contributed by atoms with Crippen molar-refractivity contribution in [1.29, 1.82) is 0 Å². The van der Waals surface area contributed by atoms with E-state index in [1.165, 1.54) is 18.9 Å². The molecule has 1 aromatic rings. The van der Waals surface area contributed by atoms with Gasteiger partial charge in [-0.2, -0.15) is 0 Å². The summed E-state index contributed by atoms with van der Waals surface area (Å²) in [4.78, 5) is 14.5. The Balaban J connectivity index is 1.88. The monoisotopic (exact) mass is 354 g/mol. The second-order valence-corrected chi connectivity index (χ2v) is 6.88. The molecule has 0 aromatic heterocycles. The topological polar surface area (TPSA) is 52.6 Å². The third kappa shape index (κ3) is 4.45. The largest absolute Gasteiger partial charge is 0.507 e. The van der Waals surface area contributed by atoms with E-state index >= 15 is 0 Å². The summed E-state index contributed by atoms with van der Waals surface area (Å²) >= 11 is 3.27. The zero-order valence-corrected chi connectivity index (χ0v) is 14.2. The fourth-order valence-corrected chi connectivity index (χ4v) is 3.14. The van der Waals surface area contributed by atoms with Gasteiger partial charge in [0.15, 0.2) is 0 Å². The second kappa shape index (κ2) is 7.27. The van der Waals surface area contributed by atoms with Crippen LogP contribution >= 0.6 is 15.9 Å². The molecular weight excluding hydrogens is 332 g/mol. The number of piperidine rings is 1.